The van der Waals surface area contributed by atoms with Crippen molar-refractivity contribution in [1.29, 1.82) is 0 Å². The number of hydrogen-bond donors (Lipinski definition) is 1. The molecule has 20 heavy (non-hydrogen) atoms. The van der Waals surface area contributed by atoms with Crippen molar-refractivity contribution in [2.75, 3.05) is 14.2 Å². The summed E-state index contributed by atoms with van der Waals surface area (Å²) in [4.78, 5) is 0. The van der Waals surface area contributed by atoms with Gasteiger partial charge in [-0.3, -0.25) is 0 Å². The van der Waals surface area contributed by atoms with Gasteiger partial charge in [-0.1, -0.05) is 0 Å². The Bertz CT molecular complexity index is 555. The smallest absolute Gasteiger partial charge is 0.127 e. The molecule has 5 nitrogen and oxygen atoms in total. The highest BCUT2D eigenvalue weighted by Gasteiger charge is 2.08. The van der Waals surface area contributed by atoms with E-state index < -0.39 is 0 Å². The lowest BCUT2D eigenvalue weighted by molar-refractivity contribution is 0.297. The van der Waals surface area contributed by atoms with Crippen molar-refractivity contribution in [2.24, 2.45) is 5.73 Å². The zero-order chi connectivity index (χ0) is 14.5. The van der Waals surface area contributed by atoms with Crippen LogP contribution in [0.4, 0.5) is 0 Å². The summed E-state index contributed by atoms with van der Waals surface area (Å²) in [5, 5.41) is 0. The van der Waals surface area contributed by atoms with Crippen LogP contribution in [0.2, 0.25) is 0 Å². The number of ether oxygens (including phenoxy) is 3. The maximum absolute atomic E-state index is 5.75. The summed E-state index contributed by atoms with van der Waals surface area (Å²) in [7, 11) is 3.21. The molecule has 0 aliphatic carbocycles. The molecular formula is C15H19NO4. The third-order valence-electron chi connectivity index (χ3n) is 2.99. The van der Waals surface area contributed by atoms with Gasteiger partial charge in [0, 0.05) is 23.8 Å². The van der Waals surface area contributed by atoms with Gasteiger partial charge in [0.15, 0.2) is 0 Å². The highest BCUT2D eigenvalue weighted by atomic mass is 16.5. The number of furan rings is 1. The van der Waals surface area contributed by atoms with E-state index in [1.54, 1.807) is 20.3 Å². The summed E-state index contributed by atoms with van der Waals surface area (Å²) >= 11 is 0. The SMILES string of the molecule is COc1cc(OC)cc(OCc2cc(CN)oc2C)c1. The van der Waals surface area contributed by atoms with E-state index in [0.717, 1.165) is 17.1 Å². The number of rotatable bonds is 6. The van der Waals surface area contributed by atoms with Crippen molar-refractivity contribution in [3.05, 3.63) is 41.3 Å². The molecule has 0 saturated carbocycles. The molecule has 2 N–H and O–H groups in total. The molecule has 0 radical (unpaired) electrons. The van der Waals surface area contributed by atoms with Gasteiger partial charge in [0.05, 0.1) is 20.8 Å². The van der Waals surface area contributed by atoms with Gasteiger partial charge < -0.3 is 24.4 Å². The Labute approximate surface area is 118 Å². The van der Waals surface area contributed by atoms with Gasteiger partial charge in [0.25, 0.3) is 0 Å². The number of aryl methyl sites for hydroxylation is 1. The molecule has 1 heterocycles. The molecule has 0 unspecified atom stereocenters. The fourth-order valence-electron chi connectivity index (χ4n) is 1.86. The van der Waals surface area contributed by atoms with Crippen molar-refractivity contribution < 1.29 is 18.6 Å². The molecule has 1 aromatic carbocycles. The van der Waals surface area contributed by atoms with Crippen LogP contribution in [-0.2, 0) is 13.2 Å². The van der Waals surface area contributed by atoms with Crippen LogP contribution < -0.4 is 19.9 Å². The van der Waals surface area contributed by atoms with Crippen molar-refractivity contribution in [2.45, 2.75) is 20.1 Å². The highest BCUT2D eigenvalue weighted by Crippen LogP contribution is 2.28. The third-order valence-corrected chi connectivity index (χ3v) is 2.99. The monoisotopic (exact) mass is 277 g/mol. The predicted octanol–water partition coefficient (Wildman–Crippen LogP) is 2.64. The summed E-state index contributed by atoms with van der Waals surface area (Å²) in [5.41, 5.74) is 6.53. The standard InChI is InChI=1S/C15H19NO4/c1-10-11(4-15(8-16)20-10)9-19-14-6-12(17-2)5-13(7-14)18-3/h4-7H,8-9,16H2,1-3H3. The first-order valence-corrected chi connectivity index (χ1v) is 6.30. The lowest BCUT2D eigenvalue weighted by Crippen LogP contribution is -1.97. The summed E-state index contributed by atoms with van der Waals surface area (Å²) in [6.45, 7) is 2.68. The average molecular weight is 277 g/mol. The van der Waals surface area contributed by atoms with E-state index >= 15 is 0 Å². The topological polar surface area (TPSA) is 66.8 Å². The second kappa shape index (κ2) is 6.34. The van der Waals surface area contributed by atoms with Crippen molar-refractivity contribution in [1.82, 2.24) is 0 Å². The molecule has 5 heteroatoms. The number of methoxy groups -OCH3 is 2. The first kappa shape index (κ1) is 14.3. The molecule has 1 aromatic heterocycles. The molecule has 0 spiro atoms. The second-order valence-corrected chi connectivity index (χ2v) is 4.34. The van der Waals surface area contributed by atoms with Crippen LogP contribution in [0.1, 0.15) is 17.1 Å². The fourth-order valence-corrected chi connectivity index (χ4v) is 1.86. The van der Waals surface area contributed by atoms with E-state index in [1.807, 2.05) is 25.1 Å². The van der Waals surface area contributed by atoms with E-state index in [9.17, 15) is 0 Å². The Morgan fingerprint density at radius 1 is 1.00 bits per heavy atom. The minimum absolute atomic E-state index is 0.383. The quantitative estimate of drug-likeness (QED) is 0.879. The molecule has 2 rings (SSSR count). The normalized spacial score (nSPS) is 10.4. The Hall–Kier alpha value is -2.14. The van der Waals surface area contributed by atoms with Crippen molar-refractivity contribution in [3.8, 4) is 17.2 Å². The van der Waals surface area contributed by atoms with E-state index in [0.29, 0.717) is 30.4 Å². The number of hydrogen-bond acceptors (Lipinski definition) is 5. The molecule has 0 aliphatic heterocycles. The van der Waals surface area contributed by atoms with Gasteiger partial charge in [-0.25, -0.2) is 0 Å². The van der Waals surface area contributed by atoms with Crippen LogP contribution in [0.5, 0.6) is 17.2 Å². The number of nitrogens with two attached hydrogens (primary N) is 1. The Kier molecular flexibility index (Phi) is 4.53. The van der Waals surface area contributed by atoms with E-state index in [2.05, 4.69) is 0 Å². The number of benzene rings is 1. The molecule has 0 saturated heterocycles. The predicted molar refractivity (Wildman–Crippen MR) is 75.2 cm³/mol. The molecular weight excluding hydrogens is 258 g/mol. The minimum atomic E-state index is 0.383. The first-order chi connectivity index (χ1) is 9.66. The van der Waals surface area contributed by atoms with Crippen LogP contribution in [0.15, 0.2) is 28.7 Å². The fraction of sp³-hybridized carbons (Fsp3) is 0.333. The van der Waals surface area contributed by atoms with Crippen LogP contribution in [0.25, 0.3) is 0 Å². The molecule has 108 valence electrons. The van der Waals surface area contributed by atoms with Gasteiger partial charge in [0.2, 0.25) is 0 Å². The summed E-state index contributed by atoms with van der Waals surface area (Å²) < 4.78 is 21.6. The van der Waals surface area contributed by atoms with E-state index in [4.69, 9.17) is 24.4 Å². The minimum Gasteiger partial charge on any atom is -0.496 e. The third kappa shape index (κ3) is 3.24. The summed E-state index contributed by atoms with van der Waals surface area (Å²) in [5.74, 6) is 3.62. The van der Waals surface area contributed by atoms with Crippen LogP contribution in [0, 0.1) is 6.92 Å². The molecule has 0 atom stereocenters. The van der Waals surface area contributed by atoms with Crippen molar-refractivity contribution >= 4 is 0 Å². The Balaban J connectivity index is 2.11. The average Bonchev–Trinajstić information content (AvgIpc) is 2.85. The highest BCUT2D eigenvalue weighted by molar-refractivity contribution is 5.42. The molecule has 2 aromatic rings. The maximum atomic E-state index is 5.75. The molecule has 0 bridgehead atoms. The lowest BCUT2D eigenvalue weighted by atomic mass is 10.2. The Morgan fingerprint density at radius 2 is 1.60 bits per heavy atom. The summed E-state index contributed by atoms with van der Waals surface area (Å²) in [6.07, 6.45) is 0. The van der Waals surface area contributed by atoms with Gasteiger partial charge in [0.1, 0.15) is 35.4 Å². The molecule has 0 fully saturated rings. The van der Waals surface area contributed by atoms with Gasteiger partial charge in [-0.15, -0.1) is 0 Å². The summed E-state index contributed by atoms with van der Waals surface area (Å²) in [6, 6.07) is 7.32. The van der Waals surface area contributed by atoms with Crippen molar-refractivity contribution in [3.63, 3.8) is 0 Å². The zero-order valence-corrected chi connectivity index (χ0v) is 11.9. The van der Waals surface area contributed by atoms with Gasteiger partial charge >= 0.3 is 0 Å². The maximum Gasteiger partial charge on any atom is 0.127 e. The first-order valence-electron chi connectivity index (χ1n) is 6.30. The zero-order valence-electron chi connectivity index (χ0n) is 11.9. The molecule has 0 amide bonds. The van der Waals surface area contributed by atoms with Gasteiger partial charge in [-0.2, -0.15) is 0 Å². The second-order valence-electron chi connectivity index (χ2n) is 4.34. The molecule has 0 aliphatic rings. The van der Waals surface area contributed by atoms with E-state index in [-0.39, 0.29) is 0 Å². The van der Waals surface area contributed by atoms with Crippen LogP contribution in [-0.4, -0.2) is 14.2 Å². The van der Waals surface area contributed by atoms with Gasteiger partial charge in [-0.05, 0) is 13.0 Å². The van der Waals surface area contributed by atoms with Crippen LogP contribution >= 0.6 is 0 Å². The Morgan fingerprint density at radius 3 is 2.10 bits per heavy atom. The largest absolute Gasteiger partial charge is 0.496 e. The van der Waals surface area contributed by atoms with E-state index in [1.165, 1.54) is 0 Å². The lowest BCUT2D eigenvalue weighted by Gasteiger charge is -2.09. The van der Waals surface area contributed by atoms with Crippen LogP contribution in [0.3, 0.4) is 0 Å².